The molecule has 3 atom stereocenters. The number of ether oxygens (including phenoxy) is 1. The fourth-order valence-corrected chi connectivity index (χ4v) is 6.65. The third-order valence-electron chi connectivity index (χ3n) is 8.40. The van der Waals surface area contributed by atoms with E-state index in [1.807, 2.05) is 12.1 Å². The summed E-state index contributed by atoms with van der Waals surface area (Å²) >= 11 is 0. The monoisotopic (exact) mass is 469 g/mol. The number of nitrogens with zero attached hydrogens (tertiary/aromatic N) is 3. The third kappa shape index (κ3) is 2.83. The van der Waals surface area contributed by atoms with Crippen molar-refractivity contribution in [2.45, 2.75) is 44.8 Å². The van der Waals surface area contributed by atoms with Gasteiger partial charge in [-0.05, 0) is 61.7 Å². The summed E-state index contributed by atoms with van der Waals surface area (Å²) in [6, 6.07) is 14.8. The molecule has 176 valence electrons. The molecule has 36 heavy (non-hydrogen) atoms. The molecule has 7 rings (SSSR count). The van der Waals surface area contributed by atoms with Gasteiger partial charge < -0.3 is 9.64 Å². The average Bonchev–Trinajstić information content (AvgIpc) is 3.34. The van der Waals surface area contributed by atoms with E-state index in [1.165, 1.54) is 22.4 Å². The fourth-order valence-electron chi connectivity index (χ4n) is 6.65. The Morgan fingerprint density at radius 3 is 2.97 bits per heavy atom. The summed E-state index contributed by atoms with van der Waals surface area (Å²) in [7, 11) is 0. The number of aromatic nitrogens is 1. The van der Waals surface area contributed by atoms with Crippen molar-refractivity contribution in [3.63, 3.8) is 0 Å². The number of hydrogen-bond acceptors (Lipinski definition) is 4. The normalized spacial score (nSPS) is 29.3. The Hall–Kier alpha value is -4.10. The van der Waals surface area contributed by atoms with Gasteiger partial charge in [0.25, 0.3) is 0 Å². The van der Waals surface area contributed by atoms with Crippen LogP contribution in [0.15, 0.2) is 113 Å². The van der Waals surface area contributed by atoms with Crippen LogP contribution in [-0.2, 0) is 4.74 Å². The van der Waals surface area contributed by atoms with Gasteiger partial charge in [-0.2, -0.15) is 5.26 Å². The second kappa shape index (κ2) is 7.45. The van der Waals surface area contributed by atoms with Crippen molar-refractivity contribution in [1.29, 1.82) is 5.26 Å². The number of rotatable bonds is 2. The highest BCUT2D eigenvalue weighted by atomic mass is 16.5. The summed E-state index contributed by atoms with van der Waals surface area (Å²) < 4.78 is 6.68. The minimum absolute atomic E-state index is 0.137. The van der Waals surface area contributed by atoms with Crippen LogP contribution in [-0.4, -0.2) is 16.6 Å². The summed E-state index contributed by atoms with van der Waals surface area (Å²) in [5.74, 6) is 1.14. The SMILES string of the molecule is CC12CC3=C(C=C1C1=C(CCC=C1)O2)C1(C)C=CC=CC1N3c1cccc(-c2cccnc2C#N)c1. The molecule has 5 aliphatic rings. The number of hydrogen-bond donors (Lipinski definition) is 0. The minimum atomic E-state index is -0.358. The van der Waals surface area contributed by atoms with E-state index in [0.717, 1.165) is 41.8 Å². The van der Waals surface area contributed by atoms with Crippen LogP contribution >= 0.6 is 0 Å². The summed E-state index contributed by atoms with van der Waals surface area (Å²) in [4.78, 5) is 6.78. The molecule has 4 heteroatoms. The molecule has 0 saturated carbocycles. The van der Waals surface area contributed by atoms with E-state index < -0.39 is 0 Å². The maximum absolute atomic E-state index is 9.63. The Balaban J connectivity index is 1.39. The second-order valence-electron chi connectivity index (χ2n) is 10.6. The van der Waals surface area contributed by atoms with Crippen LogP contribution in [0.4, 0.5) is 5.69 Å². The predicted molar refractivity (Wildman–Crippen MR) is 142 cm³/mol. The molecule has 3 aliphatic carbocycles. The zero-order valence-electron chi connectivity index (χ0n) is 20.5. The molecule has 3 heterocycles. The number of benzene rings is 1. The third-order valence-corrected chi connectivity index (χ3v) is 8.40. The first-order valence-electron chi connectivity index (χ1n) is 12.7. The summed E-state index contributed by atoms with van der Waals surface area (Å²) in [6.07, 6.45) is 20.5. The van der Waals surface area contributed by atoms with Crippen LogP contribution in [0.3, 0.4) is 0 Å². The molecular weight excluding hydrogens is 442 g/mol. The van der Waals surface area contributed by atoms with Crippen molar-refractivity contribution in [3.05, 3.63) is 119 Å². The van der Waals surface area contributed by atoms with Crippen LogP contribution in [0.1, 0.15) is 38.8 Å². The van der Waals surface area contributed by atoms with E-state index >= 15 is 0 Å². The Labute approximate surface area is 211 Å². The topological polar surface area (TPSA) is 49.1 Å². The predicted octanol–water partition coefficient (Wildman–Crippen LogP) is 6.92. The van der Waals surface area contributed by atoms with Crippen molar-refractivity contribution in [2.24, 2.45) is 5.41 Å². The molecule has 0 saturated heterocycles. The van der Waals surface area contributed by atoms with E-state index in [4.69, 9.17) is 4.74 Å². The number of fused-ring (bicyclic) bond motifs is 4. The van der Waals surface area contributed by atoms with Gasteiger partial charge in [-0.25, -0.2) is 4.98 Å². The maximum Gasteiger partial charge on any atom is 0.148 e. The van der Waals surface area contributed by atoms with Crippen molar-refractivity contribution in [1.82, 2.24) is 4.98 Å². The van der Waals surface area contributed by atoms with Gasteiger partial charge >= 0.3 is 0 Å². The number of pyridine rings is 1. The van der Waals surface area contributed by atoms with Crippen molar-refractivity contribution in [2.75, 3.05) is 4.90 Å². The zero-order chi connectivity index (χ0) is 24.5. The van der Waals surface area contributed by atoms with Crippen molar-refractivity contribution >= 4 is 5.69 Å². The quantitative estimate of drug-likeness (QED) is 0.479. The van der Waals surface area contributed by atoms with Gasteiger partial charge in [0.15, 0.2) is 0 Å². The zero-order valence-corrected chi connectivity index (χ0v) is 20.5. The lowest BCUT2D eigenvalue weighted by molar-refractivity contribution is 0.0647. The van der Waals surface area contributed by atoms with Gasteiger partial charge in [-0.3, -0.25) is 0 Å². The van der Waals surface area contributed by atoms with Crippen LogP contribution < -0.4 is 4.90 Å². The molecule has 4 nitrogen and oxygen atoms in total. The highest BCUT2D eigenvalue weighted by Gasteiger charge is 2.54. The van der Waals surface area contributed by atoms with E-state index in [1.54, 1.807) is 6.20 Å². The van der Waals surface area contributed by atoms with Crippen LogP contribution in [0.2, 0.25) is 0 Å². The molecular formula is C32H27N3O. The first-order valence-corrected chi connectivity index (χ1v) is 12.7. The van der Waals surface area contributed by atoms with Crippen LogP contribution in [0, 0.1) is 16.7 Å². The molecule has 3 unspecified atom stereocenters. The van der Waals surface area contributed by atoms with Gasteiger partial charge in [0.1, 0.15) is 23.1 Å². The molecule has 0 spiro atoms. The summed E-state index contributed by atoms with van der Waals surface area (Å²) in [5.41, 5.74) is 8.23. The first-order chi connectivity index (χ1) is 17.5. The molecule has 1 aromatic carbocycles. The summed E-state index contributed by atoms with van der Waals surface area (Å²) in [6.45, 7) is 4.60. The lowest BCUT2D eigenvalue weighted by Gasteiger charge is -2.37. The number of nitriles is 1. The largest absolute Gasteiger partial charge is 0.486 e. The van der Waals surface area contributed by atoms with Gasteiger partial charge in [0, 0.05) is 52.5 Å². The molecule has 0 radical (unpaired) electrons. The highest BCUT2D eigenvalue weighted by Crippen LogP contribution is 2.58. The van der Waals surface area contributed by atoms with Crippen LogP contribution in [0.5, 0.6) is 0 Å². The molecule has 0 amide bonds. The van der Waals surface area contributed by atoms with Crippen molar-refractivity contribution in [3.8, 4) is 17.2 Å². The lowest BCUT2D eigenvalue weighted by Crippen LogP contribution is -2.39. The molecule has 2 aliphatic heterocycles. The Kier molecular flexibility index (Phi) is 4.39. The molecule has 2 aromatic rings. The second-order valence-corrected chi connectivity index (χ2v) is 10.6. The molecule has 0 N–H and O–H groups in total. The van der Waals surface area contributed by atoms with E-state index in [2.05, 4.69) is 96.6 Å². The fraction of sp³-hybridized carbons (Fsp3) is 0.250. The number of allylic oxidation sites excluding steroid dienone is 6. The average molecular weight is 470 g/mol. The van der Waals surface area contributed by atoms with Gasteiger partial charge in [0.05, 0.1) is 6.04 Å². The van der Waals surface area contributed by atoms with Gasteiger partial charge in [-0.15, -0.1) is 0 Å². The van der Waals surface area contributed by atoms with E-state index in [9.17, 15) is 5.26 Å². The van der Waals surface area contributed by atoms with Gasteiger partial charge in [-0.1, -0.05) is 48.6 Å². The smallest absolute Gasteiger partial charge is 0.148 e. The van der Waals surface area contributed by atoms with Gasteiger partial charge in [0.2, 0.25) is 0 Å². The lowest BCUT2D eigenvalue weighted by atomic mass is 9.71. The van der Waals surface area contributed by atoms with E-state index in [0.29, 0.717) is 5.69 Å². The van der Waals surface area contributed by atoms with Crippen molar-refractivity contribution < 1.29 is 4.74 Å². The Bertz CT molecular complexity index is 1540. The number of anilines is 1. The Morgan fingerprint density at radius 1 is 1.17 bits per heavy atom. The minimum Gasteiger partial charge on any atom is -0.486 e. The van der Waals surface area contributed by atoms with E-state index in [-0.39, 0.29) is 17.1 Å². The highest BCUT2D eigenvalue weighted by molar-refractivity contribution is 5.76. The molecule has 1 aromatic heterocycles. The van der Waals surface area contributed by atoms with Crippen LogP contribution in [0.25, 0.3) is 11.1 Å². The first kappa shape index (κ1) is 21.2. The molecule has 0 bridgehead atoms. The standard InChI is InChI=1S/C32H27N3O/c1-31-15-6-5-14-30(31)35(22-10-7-9-21(17-22)23-12-8-16-34-27(23)20-33)28-19-32(2)25(18-26(28)31)24-11-3-4-13-29(24)36-32/h3,5-12,14-18,30H,4,13,19H2,1-2H3. The maximum atomic E-state index is 9.63. The Morgan fingerprint density at radius 2 is 2.08 bits per heavy atom. The molecule has 0 fully saturated rings. The summed E-state index contributed by atoms with van der Waals surface area (Å²) in [5, 5.41) is 9.63.